The number of benzene rings is 2. The van der Waals surface area contributed by atoms with Crippen LogP contribution in [0.25, 0.3) is 0 Å². The molecule has 0 heterocycles. The van der Waals surface area contributed by atoms with Gasteiger partial charge in [0.2, 0.25) is 0 Å². The molecule has 0 fully saturated rings. The topological polar surface area (TPSA) is 32.3 Å². The molecule has 0 saturated heterocycles. The Hall–Kier alpha value is -1.80. The van der Waals surface area contributed by atoms with Crippen molar-refractivity contribution in [2.75, 3.05) is 5.32 Å². The Morgan fingerprint density at radius 3 is 2.67 bits per heavy atom. The van der Waals surface area contributed by atoms with E-state index < -0.39 is 0 Å². The minimum Gasteiger partial charge on any atom is -0.392 e. The van der Waals surface area contributed by atoms with Crippen LogP contribution in [-0.2, 0) is 19.4 Å². The van der Waals surface area contributed by atoms with Crippen LogP contribution in [0.3, 0.4) is 0 Å². The maximum absolute atomic E-state index is 9.22. The monoisotopic (exact) mass is 281 g/mol. The van der Waals surface area contributed by atoms with E-state index in [9.17, 15) is 5.11 Å². The van der Waals surface area contributed by atoms with Crippen LogP contribution in [0.4, 0.5) is 5.69 Å². The molecule has 1 unspecified atom stereocenters. The summed E-state index contributed by atoms with van der Waals surface area (Å²) in [5.74, 6) is 0. The average molecular weight is 281 g/mol. The molecule has 110 valence electrons. The summed E-state index contributed by atoms with van der Waals surface area (Å²) in [6.07, 6.45) is 5.09. The maximum atomic E-state index is 9.22. The Kier molecular flexibility index (Phi) is 4.26. The predicted octanol–water partition coefficient (Wildman–Crippen LogP) is 4.23. The van der Waals surface area contributed by atoms with Crippen molar-refractivity contribution in [3.8, 4) is 0 Å². The molecule has 2 heteroatoms. The third kappa shape index (κ3) is 3.27. The van der Waals surface area contributed by atoms with E-state index in [0.29, 0.717) is 0 Å². The van der Waals surface area contributed by atoms with Crippen LogP contribution >= 0.6 is 0 Å². The molecule has 0 spiro atoms. The number of rotatable bonds is 4. The average Bonchev–Trinajstić information content (AvgIpc) is 2.54. The second-order valence-electron chi connectivity index (χ2n) is 5.96. The van der Waals surface area contributed by atoms with Crippen molar-refractivity contribution in [3.63, 3.8) is 0 Å². The van der Waals surface area contributed by atoms with Crippen LogP contribution in [0.15, 0.2) is 42.5 Å². The minimum atomic E-state index is 0.0861. The number of fused-ring (bicyclic) bond motifs is 1. The van der Waals surface area contributed by atoms with Crippen LogP contribution in [0.5, 0.6) is 0 Å². The summed E-state index contributed by atoms with van der Waals surface area (Å²) in [6, 6.07) is 15.2. The smallest absolute Gasteiger partial charge is 0.0682 e. The first-order valence-electron chi connectivity index (χ1n) is 7.84. The first-order valence-corrected chi connectivity index (χ1v) is 7.84. The third-order valence-corrected chi connectivity index (χ3v) is 4.37. The molecule has 2 aromatic carbocycles. The van der Waals surface area contributed by atoms with Crippen molar-refractivity contribution in [1.82, 2.24) is 0 Å². The van der Waals surface area contributed by atoms with E-state index in [1.807, 2.05) is 24.3 Å². The predicted molar refractivity (Wildman–Crippen MR) is 87.5 cm³/mol. The van der Waals surface area contributed by atoms with Gasteiger partial charge < -0.3 is 10.4 Å². The van der Waals surface area contributed by atoms with E-state index >= 15 is 0 Å². The van der Waals surface area contributed by atoms with Gasteiger partial charge in [-0.25, -0.2) is 0 Å². The SMILES string of the molecule is CC(Nc1cccc(CO)c1)c1ccc2c(c1)CCCC2. The zero-order chi connectivity index (χ0) is 14.7. The first-order chi connectivity index (χ1) is 10.3. The van der Waals surface area contributed by atoms with Gasteiger partial charge in [-0.2, -0.15) is 0 Å². The summed E-state index contributed by atoms with van der Waals surface area (Å²) in [4.78, 5) is 0. The normalized spacial score (nSPS) is 15.3. The fourth-order valence-electron chi connectivity index (χ4n) is 3.12. The molecule has 2 N–H and O–H groups in total. The highest BCUT2D eigenvalue weighted by atomic mass is 16.3. The fraction of sp³-hybridized carbons (Fsp3) is 0.368. The molecular formula is C19H23NO. The Balaban J connectivity index is 1.76. The molecule has 0 aliphatic heterocycles. The van der Waals surface area contributed by atoms with Crippen LogP contribution in [0.2, 0.25) is 0 Å². The lowest BCUT2D eigenvalue weighted by molar-refractivity contribution is 0.282. The molecule has 1 aliphatic carbocycles. The lowest BCUT2D eigenvalue weighted by atomic mass is 9.89. The van der Waals surface area contributed by atoms with E-state index in [1.165, 1.54) is 42.4 Å². The molecule has 21 heavy (non-hydrogen) atoms. The van der Waals surface area contributed by atoms with E-state index in [1.54, 1.807) is 0 Å². The van der Waals surface area contributed by atoms with Gasteiger partial charge in [-0.05, 0) is 67.0 Å². The summed E-state index contributed by atoms with van der Waals surface area (Å²) in [7, 11) is 0. The molecule has 2 nitrogen and oxygen atoms in total. The summed E-state index contributed by atoms with van der Waals surface area (Å²) < 4.78 is 0. The number of anilines is 1. The largest absolute Gasteiger partial charge is 0.392 e. The van der Waals surface area contributed by atoms with Crippen molar-refractivity contribution in [1.29, 1.82) is 0 Å². The highest BCUT2D eigenvalue weighted by molar-refractivity contribution is 5.48. The molecule has 3 rings (SSSR count). The zero-order valence-corrected chi connectivity index (χ0v) is 12.6. The van der Waals surface area contributed by atoms with Crippen molar-refractivity contribution in [2.24, 2.45) is 0 Å². The Morgan fingerprint density at radius 1 is 1.05 bits per heavy atom. The van der Waals surface area contributed by atoms with Gasteiger partial charge in [-0.3, -0.25) is 0 Å². The van der Waals surface area contributed by atoms with E-state index in [-0.39, 0.29) is 12.6 Å². The molecule has 0 radical (unpaired) electrons. The van der Waals surface area contributed by atoms with Gasteiger partial charge >= 0.3 is 0 Å². The third-order valence-electron chi connectivity index (χ3n) is 4.37. The summed E-state index contributed by atoms with van der Waals surface area (Å²) >= 11 is 0. The maximum Gasteiger partial charge on any atom is 0.0682 e. The van der Waals surface area contributed by atoms with Crippen LogP contribution in [-0.4, -0.2) is 5.11 Å². The number of aliphatic hydroxyl groups excluding tert-OH is 1. The molecule has 0 saturated carbocycles. The van der Waals surface area contributed by atoms with E-state index in [4.69, 9.17) is 0 Å². The fourth-order valence-corrected chi connectivity index (χ4v) is 3.12. The van der Waals surface area contributed by atoms with Gasteiger partial charge in [0.05, 0.1) is 6.61 Å². The van der Waals surface area contributed by atoms with Crippen molar-refractivity contribution in [2.45, 2.75) is 45.3 Å². The van der Waals surface area contributed by atoms with E-state index in [2.05, 4.69) is 30.4 Å². The number of aliphatic hydroxyl groups is 1. The Morgan fingerprint density at radius 2 is 1.86 bits per heavy atom. The van der Waals surface area contributed by atoms with Crippen molar-refractivity contribution < 1.29 is 5.11 Å². The van der Waals surface area contributed by atoms with Gasteiger partial charge in [0.25, 0.3) is 0 Å². The van der Waals surface area contributed by atoms with Crippen molar-refractivity contribution in [3.05, 3.63) is 64.7 Å². The number of aryl methyl sites for hydroxylation is 2. The van der Waals surface area contributed by atoms with E-state index in [0.717, 1.165) is 11.3 Å². The van der Waals surface area contributed by atoms with Crippen LogP contribution in [0, 0.1) is 0 Å². The lowest BCUT2D eigenvalue weighted by Crippen LogP contribution is -2.09. The molecular weight excluding hydrogens is 258 g/mol. The standard InChI is InChI=1S/C19H23NO/c1-14(20-19-8-4-5-15(11-19)13-21)17-10-9-16-6-2-3-7-18(16)12-17/h4-5,8-12,14,20-21H,2-3,6-7,13H2,1H3. The minimum absolute atomic E-state index is 0.0861. The highest BCUT2D eigenvalue weighted by Crippen LogP contribution is 2.26. The summed E-state index contributed by atoms with van der Waals surface area (Å²) in [6.45, 7) is 2.28. The molecule has 0 bridgehead atoms. The van der Waals surface area contributed by atoms with Gasteiger partial charge in [0.1, 0.15) is 0 Å². The molecule has 0 amide bonds. The molecule has 1 aliphatic rings. The Bertz CT molecular complexity index is 621. The van der Waals surface area contributed by atoms with Crippen molar-refractivity contribution >= 4 is 5.69 Å². The van der Waals surface area contributed by atoms with Gasteiger partial charge in [-0.1, -0.05) is 30.3 Å². The van der Waals surface area contributed by atoms with Gasteiger partial charge in [0.15, 0.2) is 0 Å². The Labute approximate surface area is 126 Å². The number of hydrogen-bond donors (Lipinski definition) is 2. The molecule has 0 aromatic heterocycles. The lowest BCUT2D eigenvalue weighted by Gasteiger charge is -2.21. The van der Waals surface area contributed by atoms with Gasteiger partial charge in [0, 0.05) is 11.7 Å². The molecule has 1 atom stereocenters. The van der Waals surface area contributed by atoms with Crippen LogP contribution < -0.4 is 5.32 Å². The summed E-state index contributed by atoms with van der Waals surface area (Å²) in [5.41, 5.74) is 6.39. The van der Waals surface area contributed by atoms with Gasteiger partial charge in [-0.15, -0.1) is 0 Å². The quantitative estimate of drug-likeness (QED) is 0.879. The van der Waals surface area contributed by atoms with Crippen LogP contribution in [0.1, 0.15) is 48.1 Å². The molecule has 2 aromatic rings. The summed E-state index contributed by atoms with van der Waals surface area (Å²) in [5, 5.41) is 12.7. The zero-order valence-electron chi connectivity index (χ0n) is 12.6. The second kappa shape index (κ2) is 6.31. The first kappa shape index (κ1) is 14.2. The number of hydrogen-bond acceptors (Lipinski definition) is 2. The second-order valence-corrected chi connectivity index (χ2v) is 5.96. The number of nitrogens with one attached hydrogen (secondary N) is 1. The highest BCUT2D eigenvalue weighted by Gasteiger charge is 2.12.